The van der Waals surface area contributed by atoms with E-state index in [1.165, 1.54) is 11.1 Å². The number of carbonyl (C=O) groups excluding carboxylic acids is 1. The third-order valence-electron chi connectivity index (χ3n) is 4.02. The second-order valence-corrected chi connectivity index (χ2v) is 5.68. The molecular formula is C16H24N2O2. The molecule has 1 aromatic rings. The molecule has 1 amide bonds. The van der Waals surface area contributed by atoms with Gasteiger partial charge in [-0.1, -0.05) is 13.0 Å². The average molecular weight is 276 g/mol. The van der Waals surface area contributed by atoms with Crippen LogP contribution in [0.15, 0.2) is 18.2 Å². The molecule has 0 spiro atoms. The Bertz CT molecular complexity index is 474. The van der Waals surface area contributed by atoms with Gasteiger partial charge in [0.2, 0.25) is 0 Å². The zero-order valence-electron chi connectivity index (χ0n) is 12.5. The summed E-state index contributed by atoms with van der Waals surface area (Å²) in [5.41, 5.74) is 2.40. The third kappa shape index (κ3) is 3.97. The molecule has 1 aliphatic rings. The van der Waals surface area contributed by atoms with Crippen LogP contribution >= 0.6 is 0 Å². The van der Waals surface area contributed by atoms with Crippen LogP contribution in [0.3, 0.4) is 0 Å². The van der Waals surface area contributed by atoms with Crippen LogP contribution in [0.4, 0.5) is 0 Å². The first kappa shape index (κ1) is 14.9. The molecule has 2 rings (SSSR count). The maximum Gasteiger partial charge on any atom is 0.258 e. The third-order valence-corrected chi connectivity index (χ3v) is 4.02. The molecule has 0 radical (unpaired) electrons. The van der Waals surface area contributed by atoms with Crippen molar-refractivity contribution in [1.82, 2.24) is 10.6 Å². The van der Waals surface area contributed by atoms with Crippen LogP contribution in [0.2, 0.25) is 0 Å². The van der Waals surface area contributed by atoms with Gasteiger partial charge in [-0.25, -0.2) is 0 Å². The molecule has 1 heterocycles. The molecule has 2 atom stereocenters. The number of aryl methyl sites for hydroxylation is 2. The molecule has 0 saturated carbocycles. The predicted molar refractivity (Wildman–Crippen MR) is 80.0 cm³/mol. The van der Waals surface area contributed by atoms with E-state index < -0.39 is 0 Å². The minimum atomic E-state index is -0.0521. The summed E-state index contributed by atoms with van der Waals surface area (Å²) in [6, 6.07) is 6.09. The van der Waals surface area contributed by atoms with Gasteiger partial charge >= 0.3 is 0 Å². The van der Waals surface area contributed by atoms with Crippen molar-refractivity contribution in [3.05, 3.63) is 29.3 Å². The second-order valence-electron chi connectivity index (χ2n) is 5.68. The maximum atomic E-state index is 11.9. The smallest absolute Gasteiger partial charge is 0.258 e. The Balaban J connectivity index is 1.81. The number of carbonyl (C=O) groups is 1. The number of rotatable bonds is 4. The second kappa shape index (κ2) is 6.75. The van der Waals surface area contributed by atoms with Gasteiger partial charge in [-0.05, 0) is 56.0 Å². The first-order chi connectivity index (χ1) is 9.56. The summed E-state index contributed by atoms with van der Waals surface area (Å²) in [5, 5.41) is 6.34. The number of piperidine rings is 1. The van der Waals surface area contributed by atoms with E-state index in [4.69, 9.17) is 4.74 Å². The molecule has 1 saturated heterocycles. The van der Waals surface area contributed by atoms with Crippen LogP contribution in [-0.2, 0) is 4.79 Å². The van der Waals surface area contributed by atoms with E-state index >= 15 is 0 Å². The van der Waals surface area contributed by atoms with Crippen LogP contribution in [0.1, 0.15) is 24.5 Å². The molecule has 2 unspecified atom stereocenters. The molecule has 2 N–H and O–H groups in total. The summed E-state index contributed by atoms with van der Waals surface area (Å²) in [6.45, 7) is 8.23. The van der Waals surface area contributed by atoms with Gasteiger partial charge in [0.15, 0.2) is 6.61 Å². The van der Waals surface area contributed by atoms with Gasteiger partial charge in [-0.15, -0.1) is 0 Å². The lowest BCUT2D eigenvalue weighted by molar-refractivity contribution is -0.124. The van der Waals surface area contributed by atoms with E-state index in [1.54, 1.807) is 0 Å². The number of nitrogens with one attached hydrogen (secondary N) is 2. The molecule has 0 aromatic heterocycles. The van der Waals surface area contributed by atoms with E-state index in [9.17, 15) is 4.79 Å². The van der Waals surface area contributed by atoms with Gasteiger partial charge in [-0.2, -0.15) is 0 Å². The Morgan fingerprint density at radius 1 is 1.40 bits per heavy atom. The molecule has 0 aliphatic carbocycles. The molecule has 20 heavy (non-hydrogen) atoms. The van der Waals surface area contributed by atoms with Crippen LogP contribution in [0.25, 0.3) is 0 Å². The van der Waals surface area contributed by atoms with Crippen molar-refractivity contribution in [3.8, 4) is 5.75 Å². The molecule has 1 aliphatic heterocycles. The molecule has 110 valence electrons. The van der Waals surface area contributed by atoms with E-state index in [0.717, 1.165) is 25.3 Å². The Morgan fingerprint density at radius 2 is 2.20 bits per heavy atom. The van der Waals surface area contributed by atoms with Gasteiger partial charge < -0.3 is 15.4 Å². The summed E-state index contributed by atoms with van der Waals surface area (Å²) in [5.74, 6) is 1.21. The zero-order valence-corrected chi connectivity index (χ0v) is 12.5. The van der Waals surface area contributed by atoms with Crippen LogP contribution in [-0.4, -0.2) is 31.6 Å². The first-order valence-corrected chi connectivity index (χ1v) is 7.26. The van der Waals surface area contributed by atoms with Crippen molar-refractivity contribution >= 4 is 5.91 Å². The monoisotopic (exact) mass is 276 g/mol. The Labute approximate surface area is 120 Å². The lowest BCUT2D eigenvalue weighted by atomic mass is 9.95. The first-order valence-electron chi connectivity index (χ1n) is 7.26. The molecule has 4 heteroatoms. The lowest BCUT2D eigenvalue weighted by Gasteiger charge is -2.30. The zero-order chi connectivity index (χ0) is 14.5. The van der Waals surface area contributed by atoms with Crippen molar-refractivity contribution in [3.63, 3.8) is 0 Å². The topological polar surface area (TPSA) is 50.4 Å². The lowest BCUT2D eigenvalue weighted by Crippen LogP contribution is -2.51. The number of benzene rings is 1. The molecule has 0 bridgehead atoms. The van der Waals surface area contributed by atoms with Crippen LogP contribution < -0.4 is 15.4 Å². The molecular weight excluding hydrogens is 252 g/mol. The van der Waals surface area contributed by atoms with Crippen molar-refractivity contribution in [2.24, 2.45) is 5.92 Å². The summed E-state index contributed by atoms with van der Waals surface area (Å²) < 4.78 is 5.55. The highest BCUT2D eigenvalue weighted by molar-refractivity contribution is 5.77. The highest BCUT2D eigenvalue weighted by Gasteiger charge is 2.22. The predicted octanol–water partition coefficient (Wildman–Crippen LogP) is 1.80. The van der Waals surface area contributed by atoms with Gasteiger partial charge in [0.05, 0.1) is 0 Å². The van der Waals surface area contributed by atoms with E-state index in [0.29, 0.717) is 5.92 Å². The van der Waals surface area contributed by atoms with Gasteiger partial charge in [0.1, 0.15) is 5.75 Å². The Hall–Kier alpha value is -1.55. The maximum absolute atomic E-state index is 11.9. The summed E-state index contributed by atoms with van der Waals surface area (Å²) in [6.07, 6.45) is 1.10. The highest BCUT2D eigenvalue weighted by Crippen LogP contribution is 2.16. The van der Waals surface area contributed by atoms with Crippen molar-refractivity contribution in [1.29, 1.82) is 0 Å². The normalized spacial score (nSPS) is 22.4. The minimum absolute atomic E-state index is 0.0521. The summed E-state index contributed by atoms with van der Waals surface area (Å²) in [4.78, 5) is 11.9. The quantitative estimate of drug-likeness (QED) is 0.881. The number of ether oxygens (including phenoxy) is 1. The van der Waals surface area contributed by atoms with E-state index in [1.807, 2.05) is 25.1 Å². The fourth-order valence-electron chi connectivity index (χ4n) is 2.38. The molecule has 1 fully saturated rings. The average Bonchev–Trinajstić information content (AvgIpc) is 2.43. The van der Waals surface area contributed by atoms with Gasteiger partial charge in [0.25, 0.3) is 5.91 Å². The fraction of sp³-hybridized carbons (Fsp3) is 0.562. The Kier molecular flexibility index (Phi) is 5.01. The summed E-state index contributed by atoms with van der Waals surface area (Å²) in [7, 11) is 0. The van der Waals surface area contributed by atoms with Crippen molar-refractivity contribution < 1.29 is 9.53 Å². The van der Waals surface area contributed by atoms with E-state index in [2.05, 4.69) is 24.5 Å². The largest absolute Gasteiger partial charge is 0.484 e. The number of hydrogen-bond donors (Lipinski definition) is 2. The van der Waals surface area contributed by atoms with Gasteiger partial charge in [-0.3, -0.25) is 4.79 Å². The van der Waals surface area contributed by atoms with E-state index in [-0.39, 0.29) is 18.6 Å². The standard InChI is InChI=1S/C16H24N2O2/c1-11-4-5-14(8-13(11)3)20-10-16(19)18-15-9-17-7-6-12(15)2/h4-5,8,12,15,17H,6-7,9-10H2,1-3H3,(H,18,19). The minimum Gasteiger partial charge on any atom is -0.484 e. The molecule has 4 nitrogen and oxygen atoms in total. The SMILES string of the molecule is Cc1ccc(OCC(=O)NC2CNCCC2C)cc1C. The molecule has 1 aromatic carbocycles. The summed E-state index contributed by atoms with van der Waals surface area (Å²) >= 11 is 0. The highest BCUT2D eigenvalue weighted by atomic mass is 16.5. The van der Waals surface area contributed by atoms with Crippen molar-refractivity contribution in [2.75, 3.05) is 19.7 Å². The van der Waals surface area contributed by atoms with Crippen molar-refractivity contribution in [2.45, 2.75) is 33.2 Å². The Morgan fingerprint density at radius 3 is 2.90 bits per heavy atom. The van der Waals surface area contributed by atoms with Gasteiger partial charge in [0, 0.05) is 12.6 Å². The fourth-order valence-corrected chi connectivity index (χ4v) is 2.38. The van der Waals surface area contributed by atoms with Crippen LogP contribution in [0, 0.1) is 19.8 Å². The number of hydrogen-bond acceptors (Lipinski definition) is 3. The van der Waals surface area contributed by atoms with Crippen LogP contribution in [0.5, 0.6) is 5.75 Å². The number of amides is 1.